The van der Waals surface area contributed by atoms with Crippen molar-refractivity contribution < 1.29 is 9.90 Å². The number of nitrogens with two attached hydrogens (primary N) is 2. The second kappa shape index (κ2) is 22.9. The molecular formula is C65H55N11O2. The van der Waals surface area contributed by atoms with Crippen molar-refractivity contribution in [1.29, 1.82) is 0 Å². The van der Waals surface area contributed by atoms with Crippen molar-refractivity contribution in [2.75, 3.05) is 11.5 Å². The predicted molar refractivity (Wildman–Crippen MR) is 316 cm³/mol. The molecule has 14 rings (SSSR count). The van der Waals surface area contributed by atoms with E-state index in [2.05, 4.69) is 116 Å². The molecule has 1 aliphatic heterocycles. The van der Waals surface area contributed by atoms with Gasteiger partial charge in [0.25, 0.3) is 0 Å². The molecule has 13 heteroatoms. The number of nitrogens with zero attached hydrogens (tertiary/aromatic N) is 9. The lowest BCUT2D eigenvalue weighted by atomic mass is 10.0. The lowest BCUT2D eigenvalue weighted by molar-refractivity contribution is -0.136. The molecule has 0 saturated carbocycles. The number of carboxylic acid groups (broad SMARTS) is 1. The number of fused-ring (bicyclic) bond motifs is 10. The maximum absolute atomic E-state index is 10.4. The van der Waals surface area contributed by atoms with Crippen LogP contribution in [0, 0.1) is 0 Å². The van der Waals surface area contributed by atoms with Crippen molar-refractivity contribution in [3.8, 4) is 0 Å². The summed E-state index contributed by atoms with van der Waals surface area (Å²) >= 11 is 0. The number of pyridine rings is 6. The van der Waals surface area contributed by atoms with Gasteiger partial charge in [-0.2, -0.15) is 0 Å². The van der Waals surface area contributed by atoms with Gasteiger partial charge in [-0.05, 0) is 91.6 Å². The van der Waals surface area contributed by atoms with Crippen molar-refractivity contribution in [3.63, 3.8) is 0 Å². The number of hydrogen-bond donors (Lipinski definition) is 3. The van der Waals surface area contributed by atoms with Gasteiger partial charge in [0.2, 0.25) is 0 Å². The fourth-order valence-electron chi connectivity index (χ4n) is 9.74. The number of imidazole rings is 1. The Morgan fingerprint density at radius 3 is 1.55 bits per heavy atom. The summed E-state index contributed by atoms with van der Waals surface area (Å²) in [5.41, 5.74) is 27.0. The first-order chi connectivity index (χ1) is 38.2. The van der Waals surface area contributed by atoms with Gasteiger partial charge in [-0.1, -0.05) is 115 Å². The number of aryl methyl sites for hydroxylation is 5. The topological polar surface area (TPSA) is 197 Å². The molecule has 0 spiro atoms. The predicted octanol–water partition coefficient (Wildman–Crippen LogP) is 13.2. The van der Waals surface area contributed by atoms with Crippen LogP contribution in [0.25, 0.3) is 76.5 Å². The van der Waals surface area contributed by atoms with Gasteiger partial charge in [0.15, 0.2) is 0 Å². The zero-order chi connectivity index (χ0) is 53.4. The molecule has 78 heavy (non-hydrogen) atoms. The molecule has 0 radical (unpaired) electrons. The van der Waals surface area contributed by atoms with Crippen molar-refractivity contribution in [3.05, 3.63) is 229 Å². The van der Waals surface area contributed by atoms with Gasteiger partial charge in [-0.3, -0.25) is 39.7 Å². The van der Waals surface area contributed by atoms with E-state index in [0.717, 1.165) is 126 Å². The summed E-state index contributed by atoms with van der Waals surface area (Å²) in [5, 5.41) is 15.3. The summed E-state index contributed by atoms with van der Waals surface area (Å²) in [6.07, 6.45) is 10.5. The van der Waals surface area contributed by atoms with Crippen LogP contribution in [-0.4, -0.2) is 56.2 Å². The number of aromatic nitrogens is 8. The molecule has 13 nitrogen and oxygen atoms in total. The number of anilines is 2. The minimum Gasteiger partial charge on any atom is -0.481 e. The zero-order valence-electron chi connectivity index (χ0n) is 43.0. The number of aliphatic imine (C=N–C) groups is 1. The molecular weight excluding hydrogens is 967 g/mol. The highest BCUT2D eigenvalue weighted by Crippen LogP contribution is 2.34. The lowest BCUT2D eigenvalue weighted by Gasteiger charge is -2.04. The molecule has 7 aromatic heterocycles. The van der Waals surface area contributed by atoms with E-state index in [0.29, 0.717) is 17.8 Å². The number of benzene rings is 6. The van der Waals surface area contributed by atoms with Crippen LogP contribution < -0.4 is 11.5 Å². The van der Waals surface area contributed by atoms with E-state index < -0.39 is 5.97 Å². The second-order valence-corrected chi connectivity index (χ2v) is 19.1. The Balaban J connectivity index is 0.000000116. The second-order valence-electron chi connectivity index (χ2n) is 19.1. The standard InChI is InChI=1S/C22H18N4.C22H17N3.C12H11NO2.C9H9N3/c1-26-19-12-9-16-6-4-14-23-21(16)22(19)25-20(26)13-11-17-10-8-15-5-2-3-7-18(15)24-17;1-2-6-20-15(4-1)9-10-18(24-20)11-12-19-14-17-8-7-16-5-3-13-23-21(16)22(17)25-19;14-12(15)8-7-10-6-5-9-3-1-2-4-11(9)13-10;10-7-4-3-6-2-1-5-12-9(6)8(7)11/h2-10,12,14H,11,13H2,1H3;1-10,13H,11-12,14H2;1-6H,7-8H2,(H,14,15);1-5H,10-11H2. The summed E-state index contributed by atoms with van der Waals surface area (Å²) in [7, 11) is 2.08. The SMILES string of the molecule is Cn1c(CCc2ccc3ccccc3n2)nc2c3ncccc3ccc21.Nc1ccc2cccnc2c1N.O=C(O)CCc1ccc2ccccc2n1.c1ccc2nc(CCC3=Nc4c(ccc5cccnc45)C3)ccc2c1. The highest BCUT2D eigenvalue weighted by Gasteiger charge is 2.18. The van der Waals surface area contributed by atoms with E-state index >= 15 is 0 Å². The molecule has 0 amide bonds. The first kappa shape index (κ1) is 50.2. The molecule has 0 fully saturated rings. The van der Waals surface area contributed by atoms with E-state index in [1.165, 1.54) is 22.0 Å². The Morgan fingerprint density at radius 2 is 0.949 bits per heavy atom. The van der Waals surface area contributed by atoms with Gasteiger partial charge in [-0.15, -0.1) is 0 Å². The summed E-state index contributed by atoms with van der Waals surface area (Å²) in [6, 6.07) is 60.9. The summed E-state index contributed by atoms with van der Waals surface area (Å²) in [4.78, 5) is 47.3. The molecule has 5 N–H and O–H groups in total. The van der Waals surface area contributed by atoms with Gasteiger partial charge in [0.1, 0.15) is 11.3 Å². The number of para-hydroxylation sites is 3. The fourth-order valence-corrected chi connectivity index (χ4v) is 9.74. The van der Waals surface area contributed by atoms with Crippen LogP contribution in [-0.2, 0) is 43.9 Å². The lowest BCUT2D eigenvalue weighted by Crippen LogP contribution is -2.01. The smallest absolute Gasteiger partial charge is 0.303 e. The Hall–Kier alpha value is -10.0. The highest BCUT2D eigenvalue weighted by atomic mass is 16.4. The average Bonchev–Trinajstić information content (AvgIpc) is 4.13. The first-order valence-corrected chi connectivity index (χ1v) is 26.0. The average molecular weight is 1020 g/mol. The van der Waals surface area contributed by atoms with Crippen LogP contribution >= 0.6 is 0 Å². The normalized spacial score (nSPS) is 11.7. The van der Waals surface area contributed by atoms with Crippen molar-refractivity contribution in [2.24, 2.45) is 12.0 Å². The van der Waals surface area contributed by atoms with Gasteiger partial charge >= 0.3 is 5.97 Å². The fraction of sp³-hybridized carbons (Fsp3) is 0.123. The molecule has 0 bridgehead atoms. The van der Waals surface area contributed by atoms with E-state index in [1.807, 2.05) is 103 Å². The van der Waals surface area contributed by atoms with E-state index in [1.54, 1.807) is 12.3 Å². The molecule has 0 unspecified atom stereocenters. The van der Waals surface area contributed by atoms with Crippen LogP contribution in [0.3, 0.4) is 0 Å². The molecule has 0 saturated heterocycles. The summed E-state index contributed by atoms with van der Waals surface area (Å²) < 4.78 is 2.17. The number of rotatable bonds is 9. The number of carboxylic acids is 1. The van der Waals surface area contributed by atoms with Crippen LogP contribution in [0.15, 0.2) is 206 Å². The summed E-state index contributed by atoms with van der Waals surface area (Å²) in [6.45, 7) is 0. The third-order valence-corrected chi connectivity index (χ3v) is 13.9. The third-order valence-electron chi connectivity index (χ3n) is 13.9. The van der Waals surface area contributed by atoms with Crippen molar-refractivity contribution in [1.82, 2.24) is 39.5 Å². The van der Waals surface area contributed by atoms with E-state index in [-0.39, 0.29) is 6.42 Å². The maximum Gasteiger partial charge on any atom is 0.303 e. The van der Waals surface area contributed by atoms with Gasteiger partial charge in [0, 0.05) is 100 Å². The van der Waals surface area contributed by atoms with Crippen molar-refractivity contribution >= 4 is 105 Å². The molecule has 382 valence electrons. The number of carbonyl (C=O) groups is 1. The Kier molecular flexibility index (Phi) is 14.7. The summed E-state index contributed by atoms with van der Waals surface area (Å²) in [5.74, 6) is 0.276. The molecule has 13 aromatic rings. The molecule has 8 heterocycles. The van der Waals surface area contributed by atoms with Gasteiger partial charge in [-0.25, -0.2) is 4.98 Å². The zero-order valence-corrected chi connectivity index (χ0v) is 43.0. The maximum atomic E-state index is 10.4. The van der Waals surface area contributed by atoms with Crippen LogP contribution in [0.5, 0.6) is 0 Å². The largest absolute Gasteiger partial charge is 0.481 e. The quantitative estimate of drug-likeness (QED) is 0.116. The molecule has 6 aromatic carbocycles. The molecule has 0 atom stereocenters. The van der Waals surface area contributed by atoms with E-state index in [9.17, 15) is 4.79 Å². The van der Waals surface area contributed by atoms with Gasteiger partial charge < -0.3 is 21.1 Å². The number of aliphatic carboxylic acids is 1. The minimum atomic E-state index is -0.787. The Bertz CT molecular complexity index is 4360. The van der Waals surface area contributed by atoms with Crippen molar-refractivity contribution in [2.45, 2.75) is 44.9 Å². The number of nitrogen functional groups attached to an aromatic ring is 2. The monoisotopic (exact) mass is 1020 g/mol. The Labute approximate surface area is 450 Å². The third kappa shape index (κ3) is 11.3. The minimum absolute atomic E-state index is 0.130. The Morgan fingerprint density at radius 1 is 0.474 bits per heavy atom. The molecule has 0 aliphatic carbocycles. The number of hydrogen-bond acceptors (Lipinski definition) is 11. The van der Waals surface area contributed by atoms with Gasteiger partial charge in [0.05, 0.1) is 62.1 Å². The van der Waals surface area contributed by atoms with Crippen LogP contribution in [0.4, 0.5) is 17.1 Å². The molecule has 1 aliphatic rings. The van der Waals surface area contributed by atoms with E-state index in [4.69, 9.17) is 36.5 Å². The van der Waals surface area contributed by atoms with Crippen LogP contribution in [0.1, 0.15) is 41.3 Å². The van der Waals surface area contributed by atoms with Crippen LogP contribution in [0.2, 0.25) is 0 Å². The highest BCUT2D eigenvalue weighted by molar-refractivity contribution is 6.03. The first-order valence-electron chi connectivity index (χ1n) is 26.0.